The van der Waals surface area contributed by atoms with Crippen molar-refractivity contribution in [3.05, 3.63) is 48.0 Å². The Morgan fingerprint density at radius 2 is 1.66 bits per heavy atom. The van der Waals surface area contributed by atoms with Gasteiger partial charge < -0.3 is 16.0 Å². The van der Waals surface area contributed by atoms with Crippen LogP contribution in [0, 0.1) is 17.8 Å². The minimum Gasteiger partial charge on any atom is -0.399 e. The third-order valence-electron chi connectivity index (χ3n) is 7.35. The number of hydrogen-bond acceptors (Lipinski definition) is 3. The number of nitrogen functional groups attached to an aromatic ring is 1. The van der Waals surface area contributed by atoms with Crippen molar-refractivity contribution in [2.75, 3.05) is 5.73 Å². The van der Waals surface area contributed by atoms with Gasteiger partial charge in [-0.1, -0.05) is 0 Å². The molecule has 7 rings (SSSR count). The van der Waals surface area contributed by atoms with Crippen LogP contribution in [0.3, 0.4) is 0 Å². The second kappa shape index (κ2) is 6.09. The predicted molar refractivity (Wildman–Crippen MR) is 114 cm³/mol. The van der Waals surface area contributed by atoms with Crippen LogP contribution in [-0.4, -0.2) is 21.4 Å². The molecule has 4 fully saturated rings. The van der Waals surface area contributed by atoms with Gasteiger partial charge in [-0.3, -0.25) is 4.79 Å². The molecule has 0 unspecified atom stereocenters. The largest absolute Gasteiger partial charge is 0.399 e. The average molecular weight is 386 g/mol. The van der Waals surface area contributed by atoms with E-state index in [1.54, 1.807) is 0 Å². The highest BCUT2D eigenvalue weighted by Crippen LogP contribution is 2.55. The summed E-state index contributed by atoms with van der Waals surface area (Å²) in [5, 5.41) is 3.46. The summed E-state index contributed by atoms with van der Waals surface area (Å²) in [5.74, 6) is 3.30. The van der Waals surface area contributed by atoms with Crippen LogP contribution in [0.5, 0.6) is 0 Å². The van der Waals surface area contributed by atoms with Gasteiger partial charge >= 0.3 is 0 Å². The normalized spacial score (nSPS) is 30.0. The molecule has 4 aliphatic rings. The van der Waals surface area contributed by atoms with Crippen molar-refractivity contribution >= 4 is 22.6 Å². The smallest absolute Gasteiger partial charge is 0.251 e. The van der Waals surface area contributed by atoms with Gasteiger partial charge in [0.1, 0.15) is 5.82 Å². The quantitative estimate of drug-likeness (QED) is 0.579. The molecule has 0 atom stereocenters. The number of rotatable bonds is 3. The number of aromatic nitrogens is 2. The molecule has 1 amide bonds. The predicted octanol–water partition coefficient (Wildman–Crippen LogP) is 4.51. The Morgan fingerprint density at radius 3 is 2.31 bits per heavy atom. The van der Waals surface area contributed by atoms with E-state index in [-0.39, 0.29) is 11.4 Å². The maximum Gasteiger partial charge on any atom is 0.251 e. The van der Waals surface area contributed by atoms with Crippen molar-refractivity contribution in [1.82, 2.24) is 15.3 Å². The molecule has 4 N–H and O–H groups in total. The maximum atomic E-state index is 13.1. The second-order valence-electron chi connectivity index (χ2n) is 9.59. The summed E-state index contributed by atoms with van der Waals surface area (Å²) in [5.41, 5.74) is 9.98. The zero-order chi connectivity index (χ0) is 19.6. The van der Waals surface area contributed by atoms with E-state index in [0.29, 0.717) is 5.56 Å². The van der Waals surface area contributed by atoms with Gasteiger partial charge in [0, 0.05) is 22.4 Å². The Kier molecular flexibility index (Phi) is 3.58. The van der Waals surface area contributed by atoms with Crippen LogP contribution in [0.15, 0.2) is 42.5 Å². The number of benzene rings is 2. The zero-order valence-corrected chi connectivity index (χ0v) is 16.4. The summed E-state index contributed by atoms with van der Waals surface area (Å²) in [6.45, 7) is 0. The number of anilines is 1. The molecule has 0 radical (unpaired) electrons. The number of aromatic amines is 1. The van der Waals surface area contributed by atoms with Crippen molar-refractivity contribution in [2.24, 2.45) is 17.8 Å². The third kappa shape index (κ3) is 2.91. The summed E-state index contributed by atoms with van der Waals surface area (Å²) in [6, 6.07) is 13.4. The van der Waals surface area contributed by atoms with Gasteiger partial charge in [-0.05, 0) is 98.7 Å². The first-order valence-corrected chi connectivity index (χ1v) is 10.7. The highest BCUT2D eigenvalue weighted by molar-refractivity contribution is 5.98. The summed E-state index contributed by atoms with van der Waals surface area (Å²) < 4.78 is 0. The molecule has 4 bridgehead atoms. The minimum atomic E-state index is 0.0317. The number of nitrogens with one attached hydrogen (secondary N) is 2. The standard InChI is InChI=1S/C24H26N4O/c25-19-4-1-17(2-5-19)22-26-20-6-3-18(10-21(20)27-22)23(29)28-24-11-14-7-15(12-24)9-16(8-14)13-24/h1-6,10,14-16H,7-9,11-13,25H2,(H,26,27)(H,28,29). The first-order chi connectivity index (χ1) is 14.1. The average Bonchev–Trinajstić information content (AvgIpc) is 3.10. The molecule has 148 valence electrons. The molecule has 1 aromatic heterocycles. The molecule has 0 spiro atoms. The van der Waals surface area contributed by atoms with Crippen LogP contribution >= 0.6 is 0 Å². The number of carbonyl (C=O) groups is 1. The van der Waals surface area contributed by atoms with E-state index in [1.165, 1.54) is 38.5 Å². The zero-order valence-electron chi connectivity index (χ0n) is 16.4. The van der Waals surface area contributed by atoms with E-state index < -0.39 is 0 Å². The van der Waals surface area contributed by atoms with E-state index in [9.17, 15) is 4.79 Å². The number of nitrogens with two attached hydrogens (primary N) is 1. The lowest BCUT2D eigenvalue weighted by Gasteiger charge is -2.56. The monoisotopic (exact) mass is 386 g/mol. The molecule has 0 saturated heterocycles. The van der Waals surface area contributed by atoms with Crippen molar-refractivity contribution in [3.63, 3.8) is 0 Å². The number of imidazole rings is 1. The molecule has 1 heterocycles. The van der Waals surface area contributed by atoms with Crippen molar-refractivity contribution in [1.29, 1.82) is 0 Å². The Bertz CT molecular complexity index is 1060. The van der Waals surface area contributed by atoms with E-state index in [1.807, 2.05) is 42.5 Å². The molecule has 0 aliphatic heterocycles. The lowest BCUT2D eigenvalue weighted by atomic mass is 9.53. The molecular weight excluding hydrogens is 360 g/mol. The summed E-state index contributed by atoms with van der Waals surface area (Å²) >= 11 is 0. The molecule has 5 nitrogen and oxygen atoms in total. The summed E-state index contributed by atoms with van der Waals surface area (Å²) in [6.07, 6.45) is 7.63. The Labute approximate surface area is 170 Å². The van der Waals surface area contributed by atoms with Crippen LogP contribution in [0.25, 0.3) is 22.4 Å². The molecule has 2 aromatic carbocycles. The molecule has 3 aromatic rings. The van der Waals surface area contributed by atoms with Crippen molar-refractivity contribution in [3.8, 4) is 11.4 Å². The highest BCUT2D eigenvalue weighted by atomic mass is 16.1. The Hall–Kier alpha value is -2.82. The highest BCUT2D eigenvalue weighted by Gasteiger charge is 2.51. The third-order valence-corrected chi connectivity index (χ3v) is 7.35. The van der Waals surface area contributed by atoms with Gasteiger partial charge in [0.2, 0.25) is 0 Å². The topological polar surface area (TPSA) is 83.8 Å². The summed E-state index contributed by atoms with van der Waals surface area (Å²) in [7, 11) is 0. The lowest BCUT2D eigenvalue weighted by Crippen LogP contribution is -2.59. The first kappa shape index (κ1) is 17.1. The molecular formula is C24H26N4O. The van der Waals surface area contributed by atoms with Gasteiger partial charge in [0.25, 0.3) is 5.91 Å². The number of hydrogen-bond donors (Lipinski definition) is 3. The SMILES string of the molecule is Nc1ccc(-c2nc3ccc(C(=O)NC45CC6CC(CC(C6)C4)C5)cc3[nH]2)cc1. The number of H-pyrrole nitrogens is 1. The fourth-order valence-electron chi connectivity index (χ4n) is 6.51. The number of fused-ring (bicyclic) bond motifs is 1. The minimum absolute atomic E-state index is 0.0317. The van der Waals surface area contributed by atoms with Gasteiger partial charge in [-0.2, -0.15) is 0 Å². The molecule has 29 heavy (non-hydrogen) atoms. The summed E-state index contributed by atoms with van der Waals surface area (Å²) in [4.78, 5) is 21.1. The number of carbonyl (C=O) groups excluding carboxylic acids is 1. The second-order valence-corrected chi connectivity index (χ2v) is 9.59. The maximum absolute atomic E-state index is 13.1. The first-order valence-electron chi connectivity index (χ1n) is 10.7. The fourth-order valence-corrected chi connectivity index (χ4v) is 6.51. The van der Waals surface area contributed by atoms with Gasteiger partial charge in [-0.15, -0.1) is 0 Å². The van der Waals surface area contributed by atoms with Gasteiger partial charge in [-0.25, -0.2) is 4.98 Å². The van der Waals surface area contributed by atoms with Crippen LogP contribution in [-0.2, 0) is 0 Å². The Morgan fingerprint density at radius 1 is 1.00 bits per heavy atom. The van der Waals surface area contributed by atoms with Crippen LogP contribution in [0.4, 0.5) is 5.69 Å². The van der Waals surface area contributed by atoms with Crippen LogP contribution < -0.4 is 11.1 Å². The lowest BCUT2D eigenvalue weighted by molar-refractivity contribution is -0.0167. The fraction of sp³-hybridized carbons (Fsp3) is 0.417. The number of nitrogens with zero attached hydrogens (tertiary/aromatic N) is 1. The van der Waals surface area contributed by atoms with Crippen molar-refractivity contribution < 1.29 is 4.79 Å². The molecule has 4 saturated carbocycles. The Balaban J connectivity index is 1.27. The van der Waals surface area contributed by atoms with Gasteiger partial charge in [0.15, 0.2) is 0 Å². The van der Waals surface area contributed by atoms with Gasteiger partial charge in [0.05, 0.1) is 11.0 Å². The van der Waals surface area contributed by atoms with E-state index in [4.69, 9.17) is 5.73 Å². The van der Waals surface area contributed by atoms with E-state index >= 15 is 0 Å². The molecule has 4 aliphatic carbocycles. The van der Waals surface area contributed by atoms with Crippen molar-refractivity contribution in [2.45, 2.75) is 44.1 Å². The van der Waals surface area contributed by atoms with E-state index in [2.05, 4.69) is 15.3 Å². The number of amides is 1. The van der Waals surface area contributed by atoms with E-state index in [0.717, 1.165) is 45.9 Å². The molecule has 5 heteroatoms. The van der Waals surface area contributed by atoms with Crippen LogP contribution in [0.2, 0.25) is 0 Å². The van der Waals surface area contributed by atoms with Crippen LogP contribution in [0.1, 0.15) is 48.9 Å².